The van der Waals surface area contributed by atoms with Gasteiger partial charge in [-0.05, 0) is 48.0 Å². The van der Waals surface area contributed by atoms with Crippen molar-refractivity contribution in [1.82, 2.24) is 16.0 Å². The van der Waals surface area contributed by atoms with Crippen LogP contribution in [-0.2, 0) is 4.79 Å². The van der Waals surface area contributed by atoms with Gasteiger partial charge in [-0.3, -0.25) is 9.59 Å². The standard InChI is InChI=1S/C13H20BrN3O2S/c1-3-6-15-7-8-16-12(18)9(2)17-13(19)10-4-5-11(14)20-10/h4-5,9,15H,3,6-8H2,1-2H3,(H,16,18)(H,17,19). The molecule has 3 N–H and O–H groups in total. The van der Waals surface area contributed by atoms with E-state index in [-0.39, 0.29) is 11.8 Å². The quantitative estimate of drug-likeness (QED) is 0.617. The van der Waals surface area contributed by atoms with Crippen molar-refractivity contribution >= 4 is 39.1 Å². The fourth-order valence-electron chi connectivity index (χ4n) is 1.50. The molecule has 20 heavy (non-hydrogen) atoms. The molecule has 0 spiro atoms. The number of halogens is 1. The lowest BCUT2D eigenvalue weighted by Gasteiger charge is -2.13. The highest BCUT2D eigenvalue weighted by Crippen LogP contribution is 2.21. The number of hydrogen-bond donors (Lipinski definition) is 3. The molecule has 0 bridgehead atoms. The van der Waals surface area contributed by atoms with Crippen molar-refractivity contribution in [2.24, 2.45) is 0 Å². The molecule has 1 atom stereocenters. The molecule has 0 aliphatic rings. The molecule has 0 aliphatic carbocycles. The van der Waals surface area contributed by atoms with Crippen molar-refractivity contribution < 1.29 is 9.59 Å². The Bertz CT molecular complexity index is 451. The summed E-state index contributed by atoms with van der Waals surface area (Å²) in [6.45, 7) is 6.00. The molecule has 0 aliphatic heterocycles. The van der Waals surface area contributed by atoms with E-state index in [1.807, 2.05) is 6.07 Å². The van der Waals surface area contributed by atoms with Gasteiger partial charge in [0.05, 0.1) is 8.66 Å². The summed E-state index contributed by atoms with van der Waals surface area (Å²) in [5, 5.41) is 8.65. The van der Waals surface area contributed by atoms with E-state index in [4.69, 9.17) is 0 Å². The van der Waals surface area contributed by atoms with Crippen molar-refractivity contribution in [3.63, 3.8) is 0 Å². The first kappa shape index (κ1) is 17.1. The Kier molecular flexibility index (Phi) is 7.79. The maximum Gasteiger partial charge on any atom is 0.262 e. The SMILES string of the molecule is CCCNCCNC(=O)C(C)NC(=O)c1ccc(Br)s1. The Hall–Kier alpha value is -0.920. The molecule has 1 aromatic heterocycles. The maximum absolute atomic E-state index is 11.9. The molecule has 0 saturated carbocycles. The van der Waals surface area contributed by atoms with Crippen LogP contribution in [0.4, 0.5) is 0 Å². The molecule has 1 aromatic rings. The van der Waals surface area contributed by atoms with Gasteiger partial charge in [0.25, 0.3) is 5.91 Å². The van der Waals surface area contributed by atoms with E-state index in [2.05, 4.69) is 38.8 Å². The van der Waals surface area contributed by atoms with Gasteiger partial charge in [-0.25, -0.2) is 0 Å². The molecule has 0 radical (unpaired) electrons. The van der Waals surface area contributed by atoms with Crippen molar-refractivity contribution in [3.8, 4) is 0 Å². The smallest absolute Gasteiger partial charge is 0.262 e. The fourth-order valence-corrected chi connectivity index (χ4v) is 2.79. The van der Waals surface area contributed by atoms with Crippen LogP contribution in [0, 0.1) is 0 Å². The largest absolute Gasteiger partial charge is 0.353 e. The highest BCUT2D eigenvalue weighted by Gasteiger charge is 2.17. The number of rotatable bonds is 8. The van der Waals surface area contributed by atoms with Crippen molar-refractivity contribution in [2.75, 3.05) is 19.6 Å². The summed E-state index contributed by atoms with van der Waals surface area (Å²) in [7, 11) is 0. The van der Waals surface area contributed by atoms with Gasteiger partial charge < -0.3 is 16.0 Å². The van der Waals surface area contributed by atoms with Crippen LogP contribution >= 0.6 is 27.3 Å². The van der Waals surface area contributed by atoms with E-state index in [1.54, 1.807) is 13.0 Å². The van der Waals surface area contributed by atoms with Crippen LogP contribution < -0.4 is 16.0 Å². The topological polar surface area (TPSA) is 70.2 Å². The summed E-state index contributed by atoms with van der Waals surface area (Å²) in [6, 6.07) is 2.99. The minimum absolute atomic E-state index is 0.174. The summed E-state index contributed by atoms with van der Waals surface area (Å²) in [5.41, 5.74) is 0. The van der Waals surface area contributed by atoms with Gasteiger partial charge >= 0.3 is 0 Å². The number of thiophene rings is 1. The lowest BCUT2D eigenvalue weighted by molar-refractivity contribution is -0.122. The van der Waals surface area contributed by atoms with Crippen LogP contribution in [0.2, 0.25) is 0 Å². The van der Waals surface area contributed by atoms with Crippen LogP contribution in [0.1, 0.15) is 29.9 Å². The van der Waals surface area contributed by atoms with Gasteiger partial charge in [0.15, 0.2) is 0 Å². The van der Waals surface area contributed by atoms with Crippen molar-refractivity contribution in [3.05, 3.63) is 20.8 Å². The van der Waals surface area contributed by atoms with Crippen molar-refractivity contribution in [2.45, 2.75) is 26.3 Å². The summed E-state index contributed by atoms with van der Waals surface area (Å²) < 4.78 is 0.891. The fraction of sp³-hybridized carbons (Fsp3) is 0.538. The Balaban J connectivity index is 2.29. The van der Waals surface area contributed by atoms with Crippen LogP contribution in [0.3, 0.4) is 0 Å². The number of hydrogen-bond acceptors (Lipinski definition) is 4. The van der Waals surface area contributed by atoms with E-state index in [1.165, 1.54) is 11.3 Å². The molecular formula is C13H20BrN3O2S. The van der Waals surface area contributed by atoms with Gasteiger partial charge in [-0.15, -0.1) is 11.3 Å². The second-order valence-electron chi connectivity index (χ2n) is 4.34. The van der Waals surface area contributed by atoms with Gasteiger partial charge in [0.1, 0.15) is 6.04 Å². The Labute approximate surface area is 131 Å². The highest BCUT2D eigenvalue weighted by molar-refractivity contribution is 9.11. The second-order valence-corrected chi connectivity index (χ2v) is 6.80. The maximum atomic E-state index is 11.9. The predicted molar refractivity (Wildman–Crippen MR) is 85.1 cm³/mol. The van der Waals surface area contributed by atoms with E-state index < -0.39 is 6.04 Å². The molecule has 0 saturated heterocycles. The summed E-state index contributed by atoms with van der Waals surface area (Å²) in [5.74, 6) is -0.403. The summed E-state index contributed by atoms with van der Waals surface area (Å²) >= 11 is 4.64. The summed E-state index contributed by atoms with van der Waals surface area (Å²) in [6.07, 6.45) is 1.07. The highest BCUT2D eigenvalue weighted by atomic mass is 79.9. The van der Waals surface area contributed by atoms with Gasteiger partial charge in [0, 0.05) is 13.1 Å². The zero-order valence-electron chi connectivity index (χ0n) is 11.7. The molecule has 7 heteroatoms. The third-order valence-electron chi connectivity index (χ3n) is 2.57. The summed E-state index contributed by atoms with van der Waals surface area (Å²) in [4.78, 5) is 24.2. The van der Waals surface area contributed by atoms with Gasteiger partial charge in [0.2, 0.25) is 5.91 Å². The average Bonchev–Trinajstić information content (AvgIpc) is 2.85. The zero-order valence-corrected chi connectivity index (χ0v) is 14.1. The first-order valence-electron chi connectivity index (χ1n) is 6.59. The third-order valence-corrected chi connectivity index (χ3v) is 4.19. The van der Waals surface area contributed by atoms with E-state index in [9.17, 15) is 9.59 Å². The first-order valence-corrected chi connectivity index (χ1v) is 8.20. The van der Waals surface area contributed by atoms with E-state index >= 15 is 0 Å². The molecule has 1 rings (SSSR count). The molecule has 0 fully saturated rings. The second kappa shape index (κ2) is 9.10. The average molecular weight is 362 g/mol. The number of nitrogens with one attached hydrogen (secondary N) is 3. The molecule has 5 nitrogen and oxygen atoms in total. The number of amides is 2. The molecule has 1 unspecified atom stereocenters. The molecule has 112 valence electrons. The van der Waals surface area contributed by atoms with Crippen LogP contribution in [0.25, 0.3) is 0 Å². The molecule has 0 aromatic carbocycles. The molecular weight excluding hydrogens is 342 g/mol. The Morgan fingerprint density at radius 2 is 2.05 bits per heavy atom. The molecule has 1 heterocycles. The minimum Gasteiger partial charge on any atom is -0.353 e. The zero-order chi connectivity index (χ0) is 15.0. The van der Waals surface area contributed by atoms with Gasteiger partial charge in [-0.1, -0.05) is 6.92 Å². The number of carbonyl (C=O) groups is 2. The van der Waals surface area contributed by atoms with Crippen LogP contribution in [0.15, 0.2) is 15.9 Å². The number of carbonyl (C=O) groups excluding carboxylic acids is 2. The minimum atomic E-state index is -0.547. The Morgan fingerprint density at radius 1 is 1.30 bits per heavy atom. The van der Waals surface area contributed by atoms with Gasteiger partial charge in [-0.2, -0.15) is 0 Å². The lowest BCUT2D eigenvalue weighted by Crippen LogP contribution is -2.46. The predicted octanol–water partition coefficient (Wildman–Crippen LogP) is 1.74. The monoisotopic (exact) mass is 361 g/mol. The molecule has 2 amide bonds. The van der Waals surface area contributed by atoms with Crippen molar-refractivity contribution in [1.29, 1.82) is 0 Å². The van der Waals surface area contributed by atoms with E-state index in [0.717, 1.165) is 23.3 Å². The normalized spacial score (nSPS) is 11.9. The lowest BCUT2D eigenvalue weighted by atomic mass is 10.3. The Morgan fingerprint density at radius 3 is 2.65 bits per heavy atom. The third kappa shape index (κ3) is 6.02. The van der Waals surface area contributed by atoms with Crippen LogP contribution in [-0.4, -0.2) is 37.5 Å². The van der Waals surface area contributed by atoms with E-state index in [0.29, 0.717) is 11.4 Å². The first-order chi connectivity index (χ1) is 9.54. The van der Waals surface area contributed by atoms with Crippen LogP contribution in [0.5, 0.6) is 0 Å².